The Labute approximate surface area is 61.5 Å². The lowest BCUT2D eigenvalue weighted by atomic mass is 10.2. The number of carbonyl (C=O) groups excluding carboxylic acids is 1. The van der Waals surface area contributed by atoms with E-state index in [4.69, 9.17) is 0 Å². The summed E-state index contributed by atoms with van der Waals surface area (Å²) in [5.74, 6) is 4.33. The van der Waals surface area contributed by atoms with Gasteiger partial charge in [-0.05, 0) is 6.42 Å². The van der Waals surface area contributed by atoms with Gasteiger partial charge in [0.25, 0.3) is 0 Å². The van der Waals surface area contributed by atoms with E-state index in [0.717, 1.165) is 12.8 Å². The summed E-state index contributed by atoms with van der Waals surface area (Å²) in [4.78, 5) is 14.4. The van der Waals surface area contributed by atoms with Crippen LogP contribution < -0.4 is 5.90 Å². The molecule has 0 aromatic rings. The summed E-state index contributed by atoms with van der Waals surface area (Å²) in [5, 5.41) is 0. The molecule has 0 atom stereocenters. The Bertz CT molecular complexity index is 93.6. The van der Waals surface area contributed by atoms with E-state index in [1.165, 1.54) is 12.8 Å². The second kappa shape index (κ2) is 6.55. The Balaban J connectivity index is 2.96. The molecule has 0 aliphatic heterocycles. The van der Waals surface area contributed by atoms with Gasteiger partial charge in [-0.25, -0.2) is 0 Å². The number of hydrogen-bond donors (Lipinski definition) is 1. The van der Waals surface area contributed by atoms with Gasteiger partial charge in [-0.15, -0.1) is 0 Å². The third kappa shape index (κ3) is 5.56. The van der Waals surface area contributed by atoms with Gasteiger partial charge in [0.15, 0.2) is 0 Å². The molecule has 0 heterocycles. The van der Waals surface area contributed by atoms with Crippen molar-refractivity contribution >= 4 is 5.97 Å². The van der Waals surface area contributed by atoms with Gasteiger partial charge in [-0.2, -0.15) is 5.90 Å². The summed E-state index contributed by atoms with van der Waals surface area (Å²) in [7, 11) is 0. The maximum Gasteiger partial charge on any atom is 0.324 e. The summed E-state index contributed by atoms with van der Waals surface area (Å²) in [6.07, 6.45) is 4.79. The SMILES string of the molecule is CCCCCCC(=O)ON. The van der Waals surface area contributed by atoms with Crippen molar-refractivity contribution in [2.45, 2.75) is 39.0 Å². The average Bonchev–Trinajstić information content (AvgIpc) is 1.98. The van der Waals surface area contributed by atoms with Crippen molar-refractivity contribution in [1.82, 2.24) is 0 Å². The van der Waals surface area contributed by atoms with E-state index < -0.39 is 0 Å². The molecule has 0 fully saturated rings. The zero-order chi connectivity index (χ0) is 7.82. The van der Waals surface area contributed by atoms with Crippen molar-refractivity contribution in [2.24, 2.45) is 5.90 Å². The quantitative estimate of drug-likeness (QED) is 0.469. The molecule has 0 rings (SSSR count). The Morgan fingerprint density at radius 3 is 2.60 bits per heavy atom. The molecular weight excluding hydrogens is 130 g/mol. The molecule has 0 spiro atoms. The van der Waals surface area contributed by atoms with Gasteiger partial charge in [0, 0.05) is 6.42 Å². The second-order valence-corrected chi connectivity index (χ2v) is 2.30. The molecule has 0 aliphatic carbocycles. The van der Waals surface area contributed by atoms with Crippen LogP contribution >= 0.6 is 0 Å². The van der Waals surface area contributed by atoms with E-state index in [1.54, 1.807) is 0 Å². The van der Waals surface area contributed by atoms with E-state index in [1.807, 2.05) is 0 Å². The van der Waals surface area contributed by atoms with E-state index >= 15 is 0 Å². The molecule has 0 amide bonds. The fraction of sp³-hybridized carbons (Fsp3) is 0.857. The van der Waals surface area contributed by atoms with Crippen LogP contribution in [0.5, 0.6) is 0 Å². The molecule has 10 heavy (non-hydrogen) atoms. The van der Waals surface area contributed by atoms with Gasteiger partial charge < -0.3 is 4.84 Å². The number of hydrogen-bond acceptors (Lipinski definition) is 3. The highest BCUT2D eigenvalue weighted by molar-refractivity contribution is 5.68. The van der Waals surface area contributed by atoms with Crippen molar-refractivity contribution in [3.8, 4) is 0 Å². The highest BCUT2D eigenvalue weighted by Gasteiger charge is 1.98. The molecule has 60 valence electrons. The molecular formula is C7H15NO2. The van der Waals surface area contributed by atoms with E-state index in [0.29, 0.717) is 6.42 Å². The summed E-state index contributed by atoms with van der Waals surface area (Å²) in [6.45, 7) is 2.13. The normalized spacial score (nSPS) is 9.40. The number of rotatable bonds is 5. The van der Waals surface area contributed by atoms with Crippen LogP contribution in [-0.2, 0) is 9.63 Å². The Morgan fingerprint density at radius 2 is 2.10 bits per heavy atom. The molecule has 0 bridgehead atoms. The predicted octanol–water partition coefficient (Wildman–Crippen LogP) is 1.37. The standard InChI is InChI=1S/C7H15NO2/c1-2-3-4-5-6-7(9)10-8/h2-6,8H2,1H3. The highest BCUT2D eigenvalue weighted by atomic mass is 16.7. The first-order valence-electron chi connectivity index (χ1n) is 3.70. The smallest absolute Gasteiger partial charge is 0.324 e. The highest BCUT2D eigenvalue weighted by Crippen LogP contribution is 2.02. The minimum absolute atomic E-state index is 0.309. The Kier molecular flexibility index (Phi) is 6.18. The Morgan fingerprint density at radius 1 is 1.40 bits per heavy atom. The first-order chi connectivity index (χ1) is 4.81. The van der Waals surface area contributed by atoms with Crippen molar-refractivity contribution < 1.29 is 9.63 Å². The van der Waals surface area contributed by atoms with Crippen molar-refractivity contribution in [2.75, 3.05) is 0 Å². The van der Waals surface area contributed by atoms with Crippen LogP contribution in [0.15, 0.2) is 0 Å². The molecule has 3 nitrogen and oxygen atoms in total. The molecule has 0 saturated carbocycles. The van der Waals surface area contributed by atoms with Crippen molar-refractivity contribution in [1.29, 1.82) is 0 Å². The maximum absolute atomic E-state index is 10.4. The first kappa shape index (κ1) is 9.43. The van der Waals surface area contributed by atoms with Crippen molar-refractivity contribution in [3.05, 3.63) is 0 Å². The van der Waals surface area contributed by atoms with Crippen LogP contribution in [0.2, 0.25) is 0 Å². The molecule has 3 heteroatoms. The van der Waals surface area contributed by atoms with Crippen LogP contribution in [0.25, 0.3) is 0 Å². The van der Waals surface area contributed by atoms with Gasteiger partial charge in [-0.3, -0.25) is 4.79 Å². The first-order valence-corrected chi connectivity index (χ1v) is 3.70. The third-order valence-electron chi connectivity index (χ3n) is 1.37. The van der Waals surface area contributed by atoms with Gasteiger partial charge in [0.1, 0.15) is 0 Å². The van der Waals surface area contributed by atoms with Crippen molar-refractivity contribution in [3.63, 3.8) is 0 Å². The van der Waals surface area contributed by atoms with E-state index in [2.05, 4.69) is 17.7 Å². The van der Waals surface area contributed by atoms with Crippen LogP contribution in [0.1, 0.15) is 39.0 Å². The lowest BCUT2D eigenvalue weighted by Gasteiger charge is -1.96. The minimum atomic E-state index is -0.309. The zero-order valence-electron chi connectivity index (χ0n) is 6.43. The molecule has 0 unspecified atom stereocenters. The number of nitrogens with two attached hydrogens (primary N) is 1. The summed E-state index contributed by atoms with van der Waals surface area (Å²) in [6, 6.07) is 0. The van der Waals surface area contributed by atoms with Gasteiger partial charge in [0.2, 0.25) is 0 Å². The van der Waals surface area contributed by atoms with Crippen LogP contribution in [0.4, 0.5) is 0 Å². The number of unbranched alkanes of at least 4 members (excludes halogenated alkanes) is 3. The second-order valence-electron chi connectivity index (χ2n) is 2.30. The molecule has 2 N–H and O–H groups in total. The van der Waals surface area contributed by atoms with Gasteiger partial charge in [-0.1, -0.05) is 26.2 Å². The molecule has 0 aliphatic rings. The van der Waals surface area contributed by atoms with Crippen LogP contribution in [0.3, 0.4) is 0 Å². The minimum Gasteiger partial charge on any atom is -0.373 e. The molecule has 0 aromatic heterocycles. The average molecular weight is 145 g/mol. The summed E-state index contributed by atoms with van der Waals surface area (Å²) in [5.41, 5.74) is 0. The zero-order valence-corrected chi connectivity index (χ0v) is 6.43. The lowest BCUT2D eigenvalue weighted by Crippen LogP contribution is -2.08. The predicted molar refractivity (Wildman–Crippen MR) is 39.0 cm³/mol. The maximum atomic E-state index is 10.4. The van der Waals surface area contributed by atoms with Gasteiger partial charge >= 0.3 is 5.97 Å². The summed E-state index contributed by atoms with van der Waals surface area (Å²) >= 11 is 0. The van der Waals surface area contributed by atoms with E-state index in [9.17, 15) is 4.79 Å². The summed E-state index contributed by atoms with van der Waals surface area (Å²) < 4.78 is 0. The van der Waals surface area contributed by atoms with Crippen LogP contribution in [-0.4, -0.2) is 5.97 Å². The van der Waals surface area contributed by atoms with E-state index in [-0.39, 0.29) is 5.97 Å². The van der Waals surface area contributed by atoms with Crippen LogP contribution in [0, 0.1) is 0 Å². The largest absolute Gasteiger partial charge is 0.373 e. The number of carbonyl (C=O) groups is 1. The molecule has 0 radical (unpaired) electrons. The lowest BCUT2D eigenvalue weighted by molar-refractivity contribution is -0.144. The fourth-order valence-electron chi connectivity index (χ4n) is 0.755. The Hall–Kier alpha value is -0.570. The topological polar surface area (TPSA) is 52.3 Å². The molecule has 0 saturated heterocycles. The fourth-order valence-corrected chi connectivity index (χ4v) is 0.755. The monoisotopic (exact) mass is 145 g/mol. The van der Waals surface area contributed by atoms with Gasteiger partial charge in [0.05, 0.1) is 0 Å². The third-order valence-corrected chi connectivity index (χ3v) is 1.37. The molecule has 0 aromatic carbocycles.